The molecule has 0 spiro atoms. The van der Waals surface area contributed by atoms with Gasteiger partial charge in [0.25, 0.3) is 17.7 Å². The highest BCUT2D eigenvalue weighted by Crippen LogP contribution is 2.39. The molecule has 17 rings (SSSR count). The number of hydrogen-bond donors (Lipinski definition) is 3. The summed E-state index contributed by atoms with van der Waals surface area (Å²) in [5, 5.41) is 6.62. The van der Waals surface area contributed by atoms with Gasteiger partial charge in [0, 0.05) is 187 Å². The predicted octanol–water partition coefficient (Wildman–Crippen LogP) is 18.1. The van der Waals surface area contributed by atoms with E-state index in [1.54, 1.807) is 19.1 Å². The Bertz CT molecular complexity index is 5530. The molecule has 6 aliphatic rings. The molecule has 3 saturated heterocycles. The topological polar surface area (TPSA) is 177 Å². The Kier molecular flexibility index (Phi) is 28.5. The first-order chi connectivity index (χ1) is 60.8. The molecule has 650 valence electrons. The van der Waals surface area contributed by atoms with Crippen LogP contribution in [0.5, 0.6) is 28.7 Å². The number of ether oxygens (including phenoxy) is 5. The number of benzene rings is 11. The standard InChI is InChI=1S/C38H44N4O4.C36H38F2N4O2.C29H34N4O2/c1-27(2)46-37-12-6-5-11-33(37)41-21-19-40(20-22-41)26-28-9-7-10-30(23-28)38(43)42-18-17-29-15-16-31(24-34(29)42)39-25-32-35(44-3)13-8-14-36(32)45-4;1-25(2)44-35-12-4-3-11-33(35)41-19-17-40(18-20-41)24-26-7-5-8-28(21-26)36(43)42-16-15-27-13-14-29(22-34(27)42)39-23-30-31(37)9-6-10-32(30)38;1-21(2)35-28-9-4-3-8-26(28)32-16-14-31(15-17-32)20-22-6-5-7-24(18-22)29(34)33-13-12-23-10-11-25(30)19-27(23)33/h5-16,23-24,27,39H,17-22,25-26H2,1-4H3;3-14,21-22,25,39H,15-20,23-24H2,1-2H3;3-11,18-19,21H,12-17,20,30H2,1-2H3. The average molecular weight is 1690 g/mol. The minimum atomic E-state index is -0.584. The van der Waals surface area contributed by atoms with Gasteiger partial charge in [-0.2, -0.15) is 0 Å². The van der Waals surface area contributed by atoms with E-state index in [2.05, 4.69) is 159 Å². The maximum atomic E-state index is 14.1. The number of amides is 3. The number of halogens is 2. The fourth-order valence-electron chi connectivity index (χ4n) is 17.5. The van der Waals surface area contributed by atoms with Crippen molar-refractivity contribution in [3.05, 3.63) is 309 Å². The van der Waals surface area contributed by atoms with Gasteiger partial charge in [0.2, 0.25) is 0 Å². The van der Waals surface area contributed by atoms with Crippen LogP contribution >= 0.6 is 0 Å². The summed E-state index contributed by atoms with van der Waals surface area (Å²) in [5.41, 5.74) is 24.4. The van der Waals surface area contributed by atoms with E-state index in [-0.39, 0.29) is 48.1 Å². The van der Waals surface area contributed by atoms with Crippen molar-refractivity contribution in [3.8, 4) is 28.7 Å². The minimum Gasteiger partial charge on any atom is -0.496 e. The number of nitrogen functional groups attached to an aromatic ring is 1. The van der Waals surface area contributed by atoms with E-state index in [9.17, 15) is 23.2 Å². The molecule has 0 bridgehead atoms. The van der Waals surface area contributed by atoms with Gasteiger partial charge >= 0.3 is 0 Å². The average Bonchev–Trinajstić information content (AvgIpc) is 1.66. The lowest BCUT2D eigenvalue weighted by molar-refractivity contribution is 0.0981. The summed E-state index contributed by atoms with van der Waals surface area (Å²) in [6.45, 7) is 28.5. The Morgan fingerprint density at radius 2 is 0.648 bits per heavy atom. The van der Waals surface area contributed by atoms with Crippen LogP contribution in [-0.4, -0.2) is 163 Å². The molecule has 125 heavy (non-hydrogen) atoms. The van der Waals surface area contributed by atoms with Crippen LogP contribution in [0.3, 0.4) is 0 Å². The predicted molar refractivity (Wildman–Crippen MR) is 499 cm³/mol. The van der Waals surface area contributed by atoms with Crippen LogP contribution in [0, 0.1) is 11.6 Å². The molecule has 6 heterocycles. The van der Waals surface area contributed by atoms with Crippen molar-refractivity contribution in [3.63, 3.8) is 0 Å². The number of anilines is 9. The lowest BCUT2D eigenvalue weighted by atomic mass is 10.1. The third-order valence-electron chi connectivity index (χ3n) is 23.8. The molecule has 0 saturated carbocycles. The Morgan fingerprint density at radius 1 is 0.336 bits per heavy atom. The Morgan fingerprint density at radius 3 is 1.00 bits per heavy atom. The Labute approximate surface area is 734 Å². The second-order valence-corrected chi connectivity index (χ2v) is 33.5. The van der Waals surface area contributed by atoms with E-state index < -0.39 is 11.6 Å². The fourth-order valence-corrected chi connectivity index (χ4v) is 17.5. The van der Waals surface area contributed by atoms with Gasteiger partial charge in [0.1, 0.15) is 40.4 Å². The van der Waals surface area contributed by atoms with Gasteiger partial charge < -0.3 is 69.5 Å². The van der Waals surface area contributed by atoms with E-state index in [0.717, 1.165) is 214 Å². The number of hydrogen-bond acceptors (Lipinski definition) is 17. The summed E-state index contributed by atoms with van der Waals surface area (Å²) in [4.78, 5) is 61.0. The van der Waals surface area contributed by atoms with E-state index in [4.69, 9.17) is 29.4 Å². The summed E-state index contributed by atoms with van der Waals surface area (Å²) in [5.74, 6) is 3.23. The number of nitrogens with two attached hydrogens (primary N) is 1. The van der Waals surface area contributed by atoms with Gasteiger partial charge in [0.15, 0.2) is 0 Å². The number of nitrogens with one attached hydrogen (secondary N) is 2. The second kappa shape index (κ2) is 40.8. The maximum absolute atomic E-state index is 14.1. The number of piperazine rings is 3. The summed E-state index contributed by atoms with van der Waals surface area (Å²) in [7, 11) is 3.33. The van der Waals surface area contributed by atoms with Crippen molar-refractivity contribution in [2.24, 2.45) is 0 Å². The Hall–Kier alpha value is -12.6. The Balaban J connectivity index is 0.000000146. The third kappa shape index (κ3) is 21.6. The lowest BCUT2D eigenvalue weighted by Crippen LogP contribution is -2.46. The first kappa shape index (κ1) is 87.3. The number of para-hydroxylation sites is 6. The van der Waals surface area contributed by atoms with E-state index in [0.29, 0.717) is 43.1 Å². The van der Waals surface area contributed by atoms with Crippen molar-refractivity contribution >= 4 is 68.9 Å². The molecule has 4 N–H and O–H groups in total. The van der Waals surface area contributed by atoms with Crippen molar-refractivity contribution in [2.45, 2.75) is 112 Å². The second-order valence-electron chi connectivity index (χ2n) is 33.5. The molecule has 3 amide bonds. The van der Waals surface area contributed by atoms with E-state index >= 15 is 0 Å². The van der Waals surface area contributed by atoms with E-state index in [1.807, 2.05) is 151 Å². The number of nitrogens with zero attached hydrogens (tertiary/aromatic N) is 9. The van der Waals surface area contributed by atoms with Crippen LogP contribution < -0.4 is 69.5 Å². The smallest absolute Gasteiger partial charge is 0.258 e. The largest absolute Gasteiger partial charge is 0.496 e. The van der Waals surface area contributed by atoms with Gasteiger partial charge in [-0.05, 0) is 228 Å². The van der Waals surface area contributed by atoms with Crippen LogP contribution in [0.1, 0.15) is 117 Å². The van der Waals surface area contributed by atoms with Gasteiger partial charge in [0.05, 0.1) is 55.2 Å². The molecule has 3 fully saturated rings. The van der Waals surface area contributed by atoms with Crippen molar-refractivity contribution < 1.29 is 46.8 Å². The number of methoxy groups -OCH3 is 2. The van der Waals surface area contributed by atoms with Crippen molar-refractivity contribution in [2.75, 3.05) is 158 Å². The molecule has 11 aromatic carbocycles. The number of rotatable bonds is 26. The summed E-state index contributed by atoms with van der Waals surface area (Å²) in [6.07, 6.45) is 2.89. The monoisotopic (exact) mass is 1690 g/mol. The zero-order valence-electron chi connectivity index (χ0n) is 73.1. The molecular weight excluding hydrogens is 1570 g/mol. The highest BCUT2D eigenvalue weighted by atomic mass is 19.1. The molecule has 0 radical (unpaired) electrons. The highest BCUT2D eigenvalue weighted by Gasteiger charge is 2.32. The quantitative estimate of drug-likeness (QED) is 0.0436. The molecule has 6 aliphatic heterocycles. The number of carbonyl (C=O) groups excluding carboxylic acids is 3. The van der Waals surface area contributed by atoms with Gasteiger partial charge in [-0.1, -0.05) is 103 Å². The molecule has 0 unspecified atom stereocenters. The number of carbonyl (C=O) groups is 3. The first-order valence-corrected chi connectivity index (χ1v) is 43.9. The van der Waals surface area contributed by atoms with Crippen LogP contribution in [-0.2, 0) is 52.0 Å². The molecule has 22 heteroatoms. The van der Waals surface area contributed by atoms with Gasteiger partial charge in [-0.25, -0.2) is 8.78 Å². The van der Waals surface area contributed by atoms with Crippen molar-refractivity contribution in [1.82, 2.24) is 14.7 Å². The van der Waals surface area contributed by atoms with Crippen LogP contribution in [0.4, 0.5) is 60.0 Å². The number of fused-ring (bicyclic) bond motifs is 3. The zero-order valence-corrected chi connectivity index (χ0v) is 73.1. The molecule has 11 aromatic rings. The fraction of sp³-hybridized carbons (Fsp3) is 0.330. The van der Waals surface area contributed by atoms with E-state index in [1.165, 1.54) is 40.6 Å². The van der Waals surface area contributed by atoms with Gasteiger partial charge in [-0.15, -0.1) is 0 Å². The molecule has 0 atom stereocenters. The normalized spacial score (nSPS) is 15.2. The minimum absolute atomic E-state index is 0.0101. The van der Waals surface area contributed by atoms with Gasteiger partial charge in [-0.3, -0.25) is 29.1 Å². The van der Waals surface area contributed by atoms with Crippen LogP contribution in [0.25, 0.3) is 0 Å². The lowest BCUT2D eigenvalue weighted by Gasteiger charge is -2.37. The summed E-state index contributed by atoms with van der Waals surface area (Å²) in [6, 6.07) is 76.5. The highest BCUT2D eigenvalue weighted by molar-refractivity contribution is 6.09. The van der Waals surface area contributed by atoms with Crippen LogP contribution in [0.2, 0.25) is 0 Å². The molecular formula is C103H116F2N12O8. The third-order valence-corrected chi connectivity index (χ3v) is 23.8. The molecule has 20 nitrogen and oxygen atoms in total. The molecule has 0 aliphatic carbocycles. The summed E-state index contributed by atoms with van der Waals surface area (Å²) < 4.78 is 57.5. The SMILES string of the molecule is CC(C)Oc1ccccc1N1CCN(Cc2cccc(C(=O)N3CCc4ccc(N)cc43)c2)CC1.CC(C)Oc1ccccc1N1CCN(Cc2cccc(C(=O)N3CCc4ccc(NCc5c(F)cccc5F)cc43)c2)CC1.COc1cccc(OC)c1CNc1ccc2c(c1)N(C(=O)c1cccc(CN3CCN(c4ccccc4OC(C)C)CC3)c1)CC2. The van der Waals surface area contributed by atoms with Crippen LogP contribution in [0.15, 0.2) is 237 Å². The summed E-state index contributed by atoms with van der Waals surface area (Å²) >= 11 is 0. The zero-order chi connectivity index (χ0) is 87.0. The maximum Gasteiger partial charge on any atom is 0.258 e. The molecule has 0 aromatic heterocycles. The van der Waals surface area contributed by atoms with Crippen molar-refractivity contribution in [1.29, 1.82) is 0 Å². The first-order valence-electron chi connectivity index (χ1n) is 43.9.